The lowest BCUT2D eigenvalue weighted by Gasteiger charge is -2.17. The molecule has 2 atom stereocenters. The lowest BCUT2D eigenvalue weighted by molar-refractivity contribution is 0.776. The third-order valence-corrected chi connectivity index (χ3v) is 3.81. The maximum atomic E-state index is 4.43. The Morgan fingerprint density at radius 3 is 2.42 bits per heavy atom. The average molecular weight is 262 g/mol. The molecule has 106 valence electrons. The van der Waals surface area contributed by atoms with Crippen LogP contribution in [0.15, 0.2) is 6.33 Å². The Bertz CT molecular complexity index is 417. The van der Waals surface area contributed by atoms with Crippen molar-refractivity contribution < 1.29 is 0 Å². The van der Waals surface area contributed by atoms with Gasteiger partial charge in [0.05, 0.1) is 0 Å². The van der Waals surface area contributed by atoms with E-state index in [-0.39, 0.29) is 0 Å². The summed E-state index contributed by atoms with van der Waals surface area (Å²) >= 11 is 0. The molecule has 1 saturated carbocycles. The van der Waals surface area contributed by atoms with Crippen LogP contribution in [0.4, 0.5) is 11.6 Å². The summed E-state index contributed by atoms with van der Waals surface area (Å²) in [5.74, 6) is 4.09. The second-order valence-corrected chi connectivity index (χ2v) is 5.92. The Balaban J connectivity index is 2.11. The molecule has 1 aliphatic carbocycles. The van der Waals surface area contributed by atoms with E-state index in [4.69, 9.17) is 0 Å². The van der Waals surface area contributed by atoms with Crippen LogP contribution in [0.2, 0.25) is 0 Å². The number of hydrogen-bond acceptors (Lipinski definition) is 4. The number of rotatable bonds is 7. The molecule has 4 heteroatoms. The van der Waals surface area contributed by atoms with Crippen molar-refractivity contribution in [3.05, 3.63) is 11.9 Å². The molecule has 1 aromatic heterocycles. The van der Waals surface area contributed by atoms with Crippen molar-refractivity contribution in [2.24, 2.45) is 11.8 Å². The van der Waals surface area contributed by atoms with Crippen LogP contribution < -0.4 is 10.6 Å². The molecule has 2 N–H and O–H groups in total. The molecule has 0 bridgehead atoms. The molecule has 1 heterocycles. The van der Waals surface area contributed by atoms with Crippen LogP contribution >= 0.6 is 0 Å². The van der Waals surface area contributed by atoms with Gasteiger partial charge in [0.2, 0.25) is 0 Å². The van der Waals surface area contributed by atoms with Crippen molar-refractivity contribution >= 4 is 11.6 Å². The summed E-state index contributed by atoms with van der Waals surface area (Å²) < 4.78 is 0. The van der Waals surface area contributed by atoms with E-state index < -0.39 is 0 Å². The number of hydrogen-bond donors (Lipinski definition) is 2. The van der Waals surface area contributed by atoms with Gasteiger partial charge in [0.15, 0.2) is 0 Å². The lowest BCUT2D eigenvalue weighted by atomic mass is 10.0. The van der Waals surface area contributed by atoms with Crippen LogP contribution in [0.1, 0.15) is 52.0 Å². The maximum absolute atomic E-state index is 4.43. The molecule has 1 aliphatic rings. The Kier molecular flexibility index (Phi) is 4.61. The standard InChI is InChI=1S/C15H26N4/c1-5-6-16-14-13(10(2)3)15(19-9-18-14)17-8-12-7-11(12)4/h9-12H,5-8H2,1-4H3,(H2,16,17,18,19). The first-order valence-corrected chi connectivity index (χ1v) is 7.46. The van der Waals surface area contributed by atoms with Crippen LogP contribution in [-0.4, -0.2) is 23.1 Å². The second-order valence-electron chi connectivity index (χ2n) is 5.92. The summed E-state index contributed by atoms with van der Waals surface area (Å²) in [6.07, 6.45) is 4.10. The van der Waals surface area contributed by atoms with E-state index >= 15 is 0 Å². The van der Waals surface area contributed by atoms with Gasteiger partial charge in [-0.25, -0.2) is 9.97 Å². The zero-order valence-corrected chi connectivity index (χ0v) is 12.5. The molecule has 1 fully saturated rings. The Morgan fingerprint density at radius 2 is 1.89 bits per heavy atom. The Morgan fingerprint density at radius 1 is 1.26 bits per heavy atom. The van der Waals surface area contributed by atoms with E-state index in [1.165, 1.54) is 12.0 Å². The van der Waals surface area contributed by atoms with Gasteiger partial charge in [-0.2, -0.15) is 0 Å². The number of aromatic nitrogens is 2. The largest absolute Gasteiger partial charge is 0.370 e. The van der Waals surface area contributed by atoms with E-state index in [9.17, 15) is 0 Å². The van der Waals surface area contributed by atoms with Gasteiger partial charge in [-0.15, -0.1) is 0 Å². The Labute approximate surface area is 116 Å². The van der Waals surface area contributed by atoms with Crippen molar-refractivity contribution in [3.63, 3.8) is 0 Å². The molecular weight excluding hydrogens is 236 g/mol. The van der Waals surface area contributed by atoms with Gasteiger partial charge in [-0.1, -0.05) is 27.7 Å². The zero-order valence-electron chi connectivity index (χ0n) is 12.5. The molecule has 19 heavy (non-hydrogen) atoms. The van der Waals surface area contributed by atoms with Gasteiger partial charge in [0.1, 0.15) is 18.0 Å². The summed E-state index contributed by atoms with van der Waals surface area (Å²) in [5.41, 5.74) is 1.21. The van der Waals surface area contributed by atoms with Gasteiger partial charge in [-0.3, -0.25) is 0 Å². The third kappa shape index (κ3) is 3.58. The van der Waals surface area contributed by atoms with Gasteiger partial charge in [0.25, 0.3) is 0 Å². The first kappa shape index (κ1) is 14.1. The summed E-state index contributed by atoms with van der Waals surface area (Å²) in [5, 5.41) is 6.92. The lowest BCUT2D eigenvalue weighted by Crippen LogP contribution is -2.13. The second kappa shape index (κ2) is 6.22. The molecule has 0 saturated heterocycles. The molecule has 1 aromatic rings. The van der Waals surface area contributed by atoms with Crippen LogP contribution in [0, 0.1) is 11.8 Å². The van der Waals surface area contributed by atoms with Gasteiger partial charge in [-0.05, 0) is 30.6 Å². The fraction of sp³-hybridized carbons (Fsp3) is 0.733. The van der Waals surface area contributed by atoms with E-state index in [0.717, 1.165) is 43.0 Å². The van der Waals surface area contributed by atoms with Crippen LogP contribution in [0.3, 0.4) is 0 Å². The van der Waals surface area contributed by atoms with E-state index in [0.29, 0.717) is 5.92 Å². The average Bonchev–Trinajstić information content (AvgIpc) is 3.09. The van der Waals surface area contributed by atoms with Crippen LogP contribution in [0.5, 0.6) is 0 Å². The normalized spacial score (nSPS) is 21.5. The predicted octanol–water partition coefficient (Wildman–Crippen LogP) is 3.49. The molecule has 4 nitrogen and oxygen atoms in total. The first-order chi connectivity index (χ1) is 9.13. The molecule has 0 amide bonds. The van der Waals surface area contributed by atoms with Crippen LogP contribution in [0.25, 0.3) is 0 Å². The van der Waals surface area contributed by atoms with Crippen molar-refractivity contribution in [1.29, 1.82) is 0 Å². The van der Waals surface area contributed by atoms with Crippen molar-refractivity contribution in [2.45, 2.75) is 46.5 Å². The smallest absolute Gasteiger partial charge is 0.134 e. The topological polar surface area (TPSA) is 49.8 Å². The van der Waals surface area contributed by atoms with Crippen LogP contribution in [-0.2, 0) is 0 Å². The number of nitrogens with one attached hydrogen (secondary N) is 2. The molecular formula is C15H26N4. The number of anilines is 2. The summed E-state index contributed by atoms with van der Waals surface area (Å²) in [4.78, 5) is 8.82. The monoisotopic (exact) mass is 262 g/mol. The molecule has 2 unspecified atom stereocenters. The molecule has 0 radical (unpaired) electrons. The number of nitrogens with zero attached hydrogens (tertiary/aromatic N) is 2. The van der Waals surface area contributed by atoms with E-state index in [1.807, 2.05) is 0 Å². The molecule has 0 spiro atoms. The van der Waals surface area contributed by atoms with E-state index in [2.05, 4.69) is 48.3 Å². The molecule has 0 aliphatic heterocycles. The third-order valence-electron chi connectivity index (χ3n) is 3.81. The minimum absolute atomic E-state index is 0.416. The zero-order chi connectivity index (χ0) is 13.8. The van der Waals surface area contributed by atoms with Gasteiger partial charge < -0.3 is 10.6 Å². The molecule has 0 aromatic carbocycles. The highest BCUT2D eigenvalue weighted by molar-refractivity contribution is 5.59. The van der Waals surface area contributed by atoms with Crippen molar-refractivity contribution in [3.8, 4) is 0 Å². The van der Waals surface area contributed by atoms with Gasteiger partial charge >= 0.3 is 0 Å². The van der Waals surface area contributed by atoms with Crippen molar-refractivity contribution in [2.75, 3.05) is 23.7 Å². The Hall–Kier alpha value is -1.32. The SMILES string of the molecule is CCCNc1ncnc(NCC2CC2C)c1C(C)C. The van der Waals surface area contributed by atoms with E-state index in [1.54, 1.807) is 6.33 Å². The highest BCUT2D eigenvalue weighted by Gasteiger charge is 2.32. The maximum Gasteiger partial charge on any atom is 0.134 e. The molecule has 2 rings (SSSR count). The summed E-state index contributed by atoms with van der Waals surface area (Å²) in [7, 11) is 0. The quantitative estimate of drug-likeness (QED) is 0.789. The van der Waals surface area contributed by atoms with Crippen molar-refractivity contribution in [1.82, 2.24) is 9.97 Å². The summed E-state index contributed by atoms with van der Waals surface area (Å²) in [6, 6.07) is 0. The minimum Gasteiger partial charge on any atom is -0.370 e. The highest BCUT2D eigenvalue weighted by Crippen LogP contribution is 2.38. The minimum atomic E-state index is 0.416. The summed E-state index contributed by atoms with van der Waals surface area (Å²) in [6.45, 7) is 10.9. The highest BCUT2D eigenvalue weighted by atomic mass is 15.1. The first-order valence-electron chi connectivity index (χ1n) is 7.46. The van der Waals surface area contributed by atoms with Gasteiger partial charge in [0, 0.05) is 18.7 Å². The fourth-order valence-corrected chi connectivity index (χ4v) is 2.38. The fourth-order valence-electron chi connectivity index (χ4n) is 2.38. The predicted molar refractivity (Wildman–Crippen MR) is 80.7 cm³/mol.